The summed E-state index contributed by atoms with van der Waals surface area (Å²) in [6, 6.07) is 9.94. The molecule has 0 radical (unpaired) electrons. The second-order valence-electron chi connectivity index (χ2n) is 5.40. The standard InChI is InChI=1S/C16H18N2OS/c1-11(2)18-9-8-13-14(10-18)20-16(17-13)15(19)12-6-4-3-5-7-12/h3-7,11H,8-10H2,1-2H3. The molecular formula is C16H18N2OS. The fraction of sp³-hybridized carbons (Fsp3) is 0.375. The van der Waals surface area contributed by atoms with Crippen LogP contribution in [0.1, 0.15) is 39.8 Å². The predicted molar refractivity (Wildman–Crippen MR) is 81.2 cm³/mol. The number of carbonyl (C=O) groups is 1. The third-order valence-corrected chi connectivity index (χ3v) is 4.80. The van der Waals surface area contributed by atoms with Crippen LogP contribution in [0.2, 0.25) is 0 Å². The third kappa shape index (κ3) is 2.53. The highest BCUT2D eigenvalue weighted by Gasteiger charge is 2.24. The summed E-state index contributed by atoms with van der Waals surface area (Å²) in [5, 5.41) is 0.631. The molecule has 0 saturated heterocycles. The lowest BCUT2D eigenvalue weighted by molar-refractivity contribution is 0.103. The van der Waals surface area contributed by atoms with E-state index >= 15 is 0 Å². The van der Waals surface area contributed by atoms with Crippen molar-refractivity contribution in [2.45, 2.75) is 32.9 Å². The van der Waals surface area contributed by atoms with Gasteiger partial charge in [0.15, 0.2) is 5.01 Å². The lowest BCUT2D eigenvalue weighted by atomic mass is 10.1. The average Bonchev–Trinajstić information content (AvgIpc) is 2.90. The topological polar surface area (TPSA) is 33.2 Å². The van der Waals surface area contributed by atoms with Gasteiger partial charge in [0.05, 0.1) is 5.69 Å². The van der Waals surface area contributed by atoms with E-state index in [1.54, 1.807) is 11.3 Å². The van der Waals surface area contributed by atoms with Gasteiger partial charge in [-0.25, -0.2) is 4.98 Å². The van der Waals surface area contributed by atoms with E-state index in [9.17, 15) is 4.79 Å². The van der Waals surface area contributed by atoms with E-state index < -0.39 is 0 Å². The van der Waals surface area contributed by atoms with Crippen molar-refractivity contribution in [2.75, 3.05) is 6.54 Å². The molecule has 0 bridgehead atoms. The van der Waals surface area contributed by atoms with E-state index in [2.05, 4.69) is 23.7 Å². The molecule has 1 aromatic heterocycles. The quantitative estimate of drug-likeness (QED) is 0.813. The largest absolute Gasteiger partial charge is 0.295 e. The maximum absolute atomic E-state index is 12.4. The van der Waals surface area contributed by atoms with Crippen LogP contribution < -0.4 is 0 Å². The first-order valence-electron chi connectivity index (χ1n) is 6.97. The Morgan fingerprint density at radius 2 is 2.05 bits per heavy atom. The molecule has 0 N–H and O–H groups in total. The van der Waals surface area contributed by atoms with Crippen LogP contribution in [-0.4, -0.2) is 28.3 Å². The molecule has 0 saturated carbocycles. The van der Waals surface area contributed by atoms with Crippen LogP contribution in [0, 0.1) is 0 Å². The minimum atomic E-state index is 0.0427. The third-order valence-electron chi connectivity index (χ3n) is 3.72. The summed E-state index contributed by atoms with van der Waals surface area (Å²) in [4.78, 5) is 20.7. The van der Waals surface area contributed by atoms with Gasteiger partial charge in [-0.2, -0.15) is 0 Å². The Bertz CT molecular complexity index is 619. The molecule has 20 heavy (non-hydrogen) atoms. The van der Waals surface area contributed by atoms with E-state index in [4.69, 9.17) is 0 Å². The van der Waals surface area contributed by atoms with Gasteiger partial charge in [-0.1, -0.05) is 30.3 Å². The number of rotatable bonds is 3. The van der Waals surface area contributed by atoms with Crippen molar-refractivity contribution in [3.8, 4) is 0 Å². The molecule has 104 valence electrons. The lowest BCUT2D eigenvalue weighted by Gasteiger charge is -2.29. The average molecular weight is 286 g/mol. The second-order valence-corrected chi connectivity index (χ2v) is 6.48. The van der Waals surface area contributed by atoms with Crippen molar-refractivity contribution in [2.24, 2.45) is 0 Å². The minimum Gasteiger partial charge on any atom is -0.295 e. The Kier molecular flexibility index (Phi) is 3.68. The summed E-state index contributed by atoms with van der Waals surface area (Å²) in [6.07, 6.45) is 0.950. The number of fused-ring (bicyclic) bond motifs is 1. The van der Waals surface area contributed by atoms with Gasteiger partial charge < -0.3 is 0 Å². The highest BCUT2D eigenvalue weighted by Crippen LogP contribution is 2.27. The van der Waals surface area contributed by atoms with Crippen LogP contribution in [0.25, 0.3) is 0 Å². The molecule has 0 atom stereocenters. The normalized spacial score (nSPS) is 15.3. The Morgan fingerprint density at radius 3 is 2.75 bits per heavy atom. The first kappa shape index (κ1) is 13.5. The Balaban J connectivity index is 1.86. The molecule has 3 rings (SSSR count). The number of hydrogen-bond acceptors (Lipinski definition) is 4. The Labute approximate surface area is 123 Å². The Morgan fingerprint density at radius 1 is 1.30 bits per heavy atom. The second kappa shape index (κ2) is 5.46. The van der Waals surface area contributed by atoms with Gasteiger partial charge in [-0.15, -0.1) is 11.3 Å². The molecule has 2 heterocycles. The van der Waals surface area contributed by atoms with Crippen molar-refractivity contribution in [3.05, 3.63) is 51.5 Å². The van der Waals surface area contributed by atoms with Gasteiger partial charge in [-0.3, -0.25) is 9.69 Å². The van der Waals surface area contributed by atoms with Crippen molar-refractivity contribution in [1.82, 2.24) is 9.88 Å². The highest BCUT2D eigenvalue weighted by atomic mass is 32.1. The van der Waals surface area contributed by atoms with Crippen LogP contribution in [-0.2, 0) is 13.0 Å². The maximum Gasteiger partial charge on any atom is 0.221 e. The van der Waals surface area contributed by atoms with Gasteiger partial charge in [0.25, 0.3) is 0 Å². The van der Waals surface area contributed by atoms with Crippen LogP contribution >= 0.6 is 11.3 Å². The number of carbonyl (C=O) groups excluding carboxylic acids is 1. The lowest BCUT2D eigenvalue weighted by Crippen LogP contribution is -2.35. The van der Waals surface area contributed by atoms with Gasteiger partial charge >= 0.3 is 0 Å². The van der Waals surface area contributed by atoms with Gasteiger partial charge in [0, 0.05) is 36.0 Å². The molecule has 0 aliphatic carbocycles. The number of benzene rings is 1. The fourth-order valence-corrected chi connectivity index (χ4v) is 3.56. The van der Waals surface area contributed by atoms with Crippen LogP contribution in [0.15, 0.2) is 30.3 Å². The molecule has 1 aliphatic heterocycles. The Hall–Kier alpha value is -1.52. The number of nitrogens with zero attached hydrogens (tertiary/aromatic N) is 2. The first-order valence-corrected chi connectivity index (χ1v) is 7.79. The van der Waals surface area contributed by atoms with Gasteiger partial charge in [0.2, 0.25) is 5.78 Å². The smallest absolute Gasteiger partial charge is 0.221 e. The molecule has 0 unspecified atom stereocenters. The summed E-state index contributed by atoms with van der Waals surface area (Å²) in [5.41, 5.74) is 1.84. The fourth-order valence-electron chi connectivity index (χ4n) is 2.47. The number of hydrogen-bond donors (Lipinski definition) is 0. The van der Waals surface area contributed by atoms with Crippen molar-refractivity contribution >= 4 is 17.1 Å². The molecule has 0 fully saturated rings. The van der Waals surface area contributed by atoms with Crippen LogP contribution in [0.3, 0.4) is 0 Å². The molecular weight excluding hydrogens is 268 g/mol. The summed E-state index contributed by atoms with van der Waals surface area (Å²) in [6.45, 7) is 6.38. The predicted octanol–water partition coefficient (Wildman–Crippen LogP) is 3.14. The van der Waals surface area contributed by atoms with Crippen LogP contribution in [0.5, 0.6) is 0 Å². The van der Waals surface area contributed by atoms with E-state index in [1.807, 2.05) is 30.3 Å². The molecule has 4 heteroatoms. The number of thiazole rings is 1. The zero-order valence-electron chi connectivity index (χ0n) is 11.8. The summed E-state index contributed by atoms with van der Waals surface area (Å²) in [7, 11) is 0. The van der Waals surface area contributed by atoms with E-state index in [0.717, 1.165) is 30.8 Å². The molecule has 2 aromatic rings. The summed E-state index contributed by atoms with van der Waals surface area (Å²) >= 11 is 1.56. The zero-order valence-corrected chi connectivity index (χ0v) is 12.6. The molecule has 1 aromatic carbocycles. The van der Waals surface area contributed by atoms with E-state index in [0.29, 0.717) is 11.0 Å². The van der Waals surface area contributed by atoms with E-state index in [1.165, 1.54) is 4.88 Å². The maximum atomic E-state index is 12.4. The van der Waals surface area contributed by atoms with Gasteiger partial charge in [0.1, 0.15) is 0 Å². The zero-order chi connectivity index (χ0) is 14.1. The van der Waals surface area contributed by atoms with Crippen molar-refractivity contribution in [3.63, 3.8) is 0 Å². The highest BCUT2D eigenvalue weighted by molar-refractivity contribution is 7.14. The SMILES string of the molecule is CC(C)N1CCc2nc(C(=O)c3ccccc3)sc2C1. The summed E-state index contributed by atoms with van der Waals surface area (Å²) < 4.78 is 0. The molecule has 3 nitrogen and oxygen atoms in total. The summed E-state index contributed by atoms with van der Waals surface area (Å²) in [5.74, 6) is 0.0427. The number of ketones is 1. The van der Waals surface area contributed by atoms with Crippen molar-refractivity contribution < 1.29 is 4.79 Å². The van der Waals surface area contributed by atoms with Gasteiger partial charge in [-0.05, 0) is 13.8 Å². The van der Waals surface area contributed by atoms with E-state index in [-0.39, 0.29) is 5.78 Å². The molecule has 0 spiro atoms. The molecule has 0 amide bonds. The number of aromatic nitrogens is 1. The first-order chi connectivity index (χ1) is 9.65. The van der Waals surface area contributed by atoms with Crippen LogP contribution in [0.4, 0.5) is 0 Å². The van der Waals surface area contributed by atoms with Crippen molar-refractivity contribution in [1.29, 1.82) is 0 Å². The minimum absolute atomic E-state index is 0.0427. The monoisotopic (exact) mass is 286 g/mol. The molecule has 1 aliphatic rings.